The molecular formula is C27H30ClN3O4S. The van der Waals surface area contributed by atoms with Crippen molar-refractivity contribution in [3.05, 3.63) is 95.0 Å². The summed E-state index contributed by atoms with van der Waals surface area (Å²) in [6, 6.07) is 20.9. The SMILES string of the molecule is CCNC(=O)C(C)N(Cc1ccc(C)cc1)C(=O)CN(c1ccc(Cl)cc1)S(=O)(=O)c1ccccc1. The Hall–Kier alpha value is -3.36. The molecule has 1 unspecified atom stereocenters. The number of hydrogen-bond acceptors (Lipinski definition) is 4. The highest BCUT2D eigenvalue weighted by Gasteiger charge is 2.32. The minimum Gasteiger partial charge on any atom is -0.355 e. The van der Waals surface area contributed by atoms with E-state index in [2.05, 4.69) is 5.32 Å². The molecule has 0 aliphatic carbocycles. The molecule has 0 radical (unpaired) electrons. The highest BCUT2D eigenvalue weighted by atomic mass is 35.5. The molecule has 0 saturated carbocycles. The first-order chi connectivity index (χ1) is 17.1. The van der Waals surface area contributed by atoms with E-state index in [1.807, 2.05) is 31.2 Å². The van der Waals surface area contributed by atoms with Crippen molar-refractivity contribution in [1.82, 2.24) is 10.2 Å². The maximum atomic E-state index is 13.7. The van der Waals surface area contributed by atoms with Crippen molar-refractivity contribution in [2.75, 3.05) is 17.4 Å². The third-order valence-corrected chi connectivity index (χ3v) is 7.76. The lowest BCUT2D eigenvalue weighted by molar-refractivity contribution is -0.139. The molecule has 190 valence electrons. The Balaban J connectivity index is 2.00. The maximum Gasteiger partial charge on any atom is 0.264 e. The van der Waals surface area contributed by atoms with Gasteiger partial charge in [0.2, 0.25) is 11.8 Å². The van der Waals surface area contributed by atoms with E-state index in [9.17, 15) is 18.0 Å². The van der Waals surface area contributed by atoms with Crippen molar-refractivity contribution >= 4 is 39.1 Å². The van der Waals surface area contributed by atoms with E-state index < -0.39 is 28.5 Å². The Bertz CT molecular complexity index is 1280. The largest absolute Gasteiger partial charge is 0.355 e. The number of sulfonamides is 1. The quantitative estimate of drug-likeness (QED) is 0.423. The van der Waals surface area contributed by atoms with Gasteiger partial charge in [-0.15, -0.1) is 0 Å². The van der Waals surface area contributed by atoms with Crippen molar-refractivity contribution in [2.45, 2.75) is 38.3 Å². The first-order valence-electron chi connectivity index (χ1n) is 11.6. The number of carbonyl (C=O) groups excluding carboxylic acids is 2. The summed E-state index contributed by atoms with van der Waals surface area (Å²) >= 11 is 6.02. The smallest absolute Gasteiger partial charge is 0.264 e. The fraction of sp³-hybridized carbons (Fsp3) is 0.259. The molecule has 0 bridgehead atoms. The Labute approximate surface area is 217 Å². The lowest BCUT2D eigenvalue weighted by atomic mass is 10.1. The van der Waals surface area contributed by atoms with E-state index in [1.54, 1.807) is 56.3 Å². The van der Waals surface area contributed by atoms with Gasteiger partial charge in [-0.1, -0.05) is 59.6 Å². The summed E-state index contributed by atoms with van der Waals surface area (Å²) in [6.07, 6.45) is 0. The monoisotopic (exact) mass is 527 g/mol. The number of hydrogen-bond donors (Lipinski definition) is 1. The molecule has 2 amide bonds. The zero-order valence-electron chi connectivity index (χ0n) is 20.5. The molecule has 0 fully saturated rings. The van der Waals surface area contributed by atoms with E-state index in [1.165, 1.54) is 17.0 Å². The zero-order chi connectivity index (χ0) is 26.3. The average molecular weight is 528 g/mol. The predicted octanol–water partition coefficient (Wildman–Crippen LogP) is 4.40. The number of nitrogens with one attached hydrogen (secondary N) is 1. The summed E-state index contributed by atoms with van der Waals surface area (Å²) in [4.78, 5) is 27.9. The van der Waals surface area contributed by atoms with Gasteiger partial charge in [0, 0.05) is 18.1 Å². The Morgan fingerprint density at radius 3 is 2.14 bits per heavy atom. The number of carbonyl (C=O) groups is 2. The van der Waals surface area contributed by atoms with E-state index in [0.29, 0.717) is 11.6 Å². The number of anilines is 1. The fourth-order valence-electron chi connectivity index (χ4n) is 3.65. The molecule has 9 heteroatoms. The van der Waals surface area contributed by atoms with Gasteiger partial charge in [-0.05, 0) is 62.7 Å². The molecule has 0 aliphatic heterocycles. The van der Waals surface area contributed by atoms with Crippen LogP contribution < -0.4 is 9.62 Å². The molecular weight excluding hydrogens is 498 g/mol. The second-order valence-electron chi connectivity index (χ2n) is 8.38. The Kier molecular flexibility index (Phi) is 9.12. The molecule has 3 aromatic rings. The minimum absolute atomic E-state index is 0.0506. The number of likely N-dealkylation sites (N-methyl/N-ethyl adjacent to an activating group) is 1. The molecule has 0 aliphatic rings. The second-order valence-corrected chi connectivity index (χ2v) is 10.7. The topological polar surface area (TPSA) is 86.8 Å². The van der Waals surface area contributed by atoms with Gasteiger partial charge in [0.05, 0.1) is 10.6 Å². The normalized spacial score (nSPS) is 12.0. The summed E-state index contributed by atoms with van der Waals surface area (Å²) in [5, 5.41) is 3.18. The van der Waals surface area contributed by atoms with E-state index in [0.717, 1.165) is 15.4 Å². The van der Waals surface area contributed by atoms with Crippen molar-refractivity contribution < 1.29 is 18.0 Å². The Morgan fingerprint density at radius 1 is 0.944 bits per heavy atom. The first-order valence-corrected chi connectivity index (χ1v) is 13.4. The number of halogens is 1. The van der Waals surface area contributed by atoms with Gasteiger partial charge < -0.3 is 10.2 Å². The van der Waals surface area contributed by atoms with Crippen LogP contribution in [0.5, 0.6) is 0 Å². The van der Waals surface area contributed by atoms with Gasteiger partial charge in [0.25, 0.3) is 10.0 Å². The first kappa shape index (κ1) is 27.2. The number of benzene rings is 3. The molecule has 3 rings (SSSR count). The van der Waals surface area contributed by atoms with Crippen LogP contribution in [0.1, 0.15) is 25.0 Å². The predicted molar refractivity (Wildman–Crippen MR) is 142 cm³/mol. The molecule has 0 spiro atoms. The average Bonchev–Trinajstić information content (AvgIpc) is 2.87. The summed E-state index contributed by atoms with van der Waals surface area (Å²) < 4.78 is 28.3. The van der Waals surface area contributed by atoms with Gasteiger partial charge in [-0.2, -0.15) is 0 Å². The minimum atomic E-state index is -4.09. The fourth-order valence-corrected chi connectivity index (χ4v) is 5.21. The molecule has 7 nitrogen and oxygen atoms in total. The van der Waals surface area contributed by atoms with E-state index >= 15 is 0 Å². The van der Waals surface area contributed by atoms with Gasteiger partial charge in [0.1, 0.15) is 12.6 Å². The highest BCUT2D eigenvalue weighted by Crippen LogP contribution is 2.26. The van der Waals surface area contributed by atoms with E-state index in [4.69, 9.17) is 11.6 Å². The summed E-state index contributed by atoms with van der Waals surface area (Å²) in [6.45, 7) is 5.46. The molecule has 0 saturated heterocycles. The van der Waals surface area contributed by atoms with Crippen LogP contribution in [-0.4, -0.2) is 44.3 Å². The van der Waals surface area contributed by atoms with Crippen LogP contribution in [0, 0.1) is 6.92 Å². The van der Waals surface area contributed by atoms with Crippen molar-refractivity contribution in [1.29, 1.82) is 0 Å². The lowest BCUT2D eigenvalue weighted by Gasteiger charge is -2.32. The Morgan fingerprint density at radius 2 is 1.56 bits per heavy atom. The van der Waals surface area contributed by atoms with Gasteiger partial charge >= 0.3 is 0 Å². The van der Waals surface area contributed by atoms with Gasteiger partial charge in [0.15, 0.2) is 0 Å². The van der Waals surface area contributed by atoms with Crippen molar-refractivity contribution in [3.8, 4) is 0 Å². The number of nitrogens with zero attached hydrogens (tertiary/aromatic N) is 2. The van der Waals surface area contributed by atoms with Crippen LogP contribution in [0.4, 0.5) is 5.69 Å². The molecule has 3 aromatic carbocycles. The van der Waals surface area contributed by atoms with Crippen LogP contribution in [0.15, 0.2) is 83.8 Å². The molecule has 0 aromatic heterocycles. The van der Waals surface area contributed by atoms with Gasteiger partial charge in [-0.3, -0.25) is 13.9 Å². The highest BCUT2D eigenvalue weighted by molar-refractivity contribution is 7.92. The second kappa shape index (κ2) is 12.1. The standard InChI is InChI=1S/C27H30ClN3O4S/c1-4-29-27(33)21(3)30(18-22-12-10-20(2)11-13-22)26(32)19-31(24-16-14-23(28)15-17-24)36(34,35)25-8-6-5-7-9-25/h5-17,21H,4,18-19H2,1-3H3,(H,29,33). The van der Waals surface area contributed by atoms with Crippen molar-refractivity contribution in [3.63, 3.8) is 0 Å². The summed E-state index contributed by atoms with van der Waals surface area (Å²) in [5.74, 6) is -0.828. The van der Waals surface area contributed by atoms with Crippen LogP contribution in [0.2, 0.25) is 5.02 Å². The number of rotatable bonds is 10. The van der Waals surface area contributed by atoms with Gasteiger partial charge in [-0.25, -0.2) is 8.42 Å². The molecule has 1 N–H and O–H groups in total. The number of amides is 2. The van der Waals surface area contributed by atoms with E-state index in [-0.39, 0.29) is 23.0 Å². The third kappa shape index (κ3) is 6.65. The summed E-state index contributed by atoms with van der Waals surface area (Å²) in [7, 11) is -4.09. The van der Waals surface area contributed by atoms with Crippen molar-refractivity contribution in [2.24, 2.45) is 0 Å². The lowest BCUT2D eigenvalue weighted by Crippen LogP contribution is -2.51. The molecule has 36 heavy (non-hydrogen) atoms. The van der Waals surface area contributed by atoms with Crippen LogP contribution in [-0.2, 0) is 26.2 Å². The number of aryl methyl sites for hydroxylation is 1. The third-order valence-electron chi connectivity index (χ3n) is 5.72. The molecule has 0 heterocycles. The maximum absolute atomic E-state index is 13.7. The van der Waals surface area contributed by atoms with Crippen LogP contribution >= 0.6 is 11.6 Å². The summed E-state index contributed by atoms with van der Waals surface area (Å²) in [5.41, 5.74) is 2.18. The molecule has 1 atom stereocenters. The van der Waals surface area contributed by atoms with Crippen LogP contribution in [0.3, 0.4) is 0 Å². The zero-order valence-corrected chi connectivity index (χ0v) is 22.1. The van der Waals surface area contributed by atoms with Crippen LogP contribution in [0.25, 0.3) is 0 Å².